The van der Waals surface area contributed by atoms with Gasteiger partial charge in [0.2, 0.25) is 0 Å². The molecule has 3 aromatic heterocycles. The van der Waals surface area contributed by atoms with Gasteiger partial charge in [-0.3, -0.25) is 9.78 Å². The molecule has 1 aliphatic rings. The van der Waals surface area contributed by atoms with Crippen LogP contribution in [0, 0.1) is 6.92 Å². The summed E-state index contributed by atoms with van der Waals surface area (Å²) in [6, 6.07) is 11.9. The lowest BCUT2D eigenvalue weighted by Gasteiger charge is -2.27. The lowest BCUT2D eigenvalue weighted by molar-refractivity contribution is 0.0992. The molecule has 5 rings (SSSR count). The van der Waals surface area contributed by atoms with Gasteiger partial charge in [0.05, 0.1) is 6.42 Å². The minimum Gasteiger partial charge on any atom is -0.357 e. The van der Waals surface area contributed by atoms with Crippen molar-refractivity contribution < 1.29 is 4.79 Å². The summed E-state index contributed by atoms with van der Waals surface area (Å²) < 4.78 is 0. The molecule has 0 amide bonds. The second-order valence-electron chi connectivity index (χ2n) is 7.91. The summed E-state index contributed by atoms with van der Waals surface area (Å²) in [5.74, 6) is 0.956. The third-order valence-electron chi connectivity index (χ3n) is 5.64. The highest BCUT2D eigenvalue weighted by Crippen LogP contribution is 2.27. The molecule has 1 fully saturated rings. The van der Waals surface area contributed by atoms with Crippen molar-refractivity contribution in [3.05, 3.63) is 65.1 Å². The Hall–Kier alpha value is -3.19. The number of carbonyl (C=O) groups excluding carboxylic acids is 1. The molecule has 0 radical (unpaired) electrons. The number of benzene rings is 1. The standard InChI is InChI=1S/C24H23N5OS/c1-16-27-28-24(31-16)18-5-6-19-15-26-21(12-20(19)11-18)14-22(30)17-7-8-25-23(13-17)29-9-3-2-4-10-29/h5-8,11-13,15H,2-4,9-10,14H2,1H3. The Morgan fingerprint density at radius 3 is 2.68 bits per heavy atom. The number of Topliss-reactive ketones (excluding diaryl/α,β-unsaturated/α-hetero) is 1. The molecule has 4 heterocycles. The smallest absolute Gasteiger partial charge is 0.169 e. The average Bonchev–Trinajstić information content (AvgIpc) is 3.25. The van der Waals surface area contributed by atoms with Gasteiger partial charge in [-0.1, -0.05) is 23.5 Å². The number of nitrogens with zero attached hydrogens (tertiary/aromatic N) is 5. The zero-order chi connectivity index (χ0) is 21.2. The lowest BCUT2D eigenvalue weighted by Crippen LogP contribution is -2.30. The van der Waals surface area contributed by atoms with Crippen LogP contribution in [-0.4, -0.2) is 39.0 Å². The molecule has 0 saturated carbocycles. The molecule has 0 unspecified atom stereocenters. The van der Waals surface area contributed by atoms with Crippen LogP contribution in [0.15, 0.2) is 48.8 Å². The highest BCUT2D eigenvalue weighted by atomic mass is 32.1. The molecule has 1 aromatic carbocycles. The number of ketones is 1. The molecule has 0 spiro atoms. The van der Waals surface area contributed by atoms with Gasteiger partial charge in [0.15, 0.2) is 5.78 Å². The van der Waals surface area contributed by atoms with Gasteiger partial charge in [0, 0.05) is 47.7 Å². The van der Waals surface area contributed by atoms with E-state index < -0.39 is 0 Å². The van der Waals surface area contributed by atoms with Gasteiger partial charge >= 0.3 is 0 Å². The van der Waals surface area contributed by atoms with Crippen molar-refractivity contribution in [1.29, 1.82) is 0 Å². The number of aryl methyl sites for hydroxylation is 1. The zero-order valence-electron chi connectivity index (χ0n) is 17.4. The van der Waals surface area contributed by atoms with Gasteiger partial charge in [0.1, 0.15) is 15.8 Å². The van der Waals surface area contributed by atoms with Crippen LogP contribution in [0.1, 0.15) is 40.3 Å². The van der Waals surface area contributed by atoms with E-state index in [1.807, 2.05) is 37.4 Å². The van der Waals surface area contributed by atoms with Crippen molar-refractivity contribution in [2.75, 3.05) is 18.0 Å². The summed E-state index contributed by atoms with van der Waals surface area (Å²) in [6.45, 7) is 3.96. The van der Waals surface area contributed by atoms with Crippen LogP contribution < -0.4 is 4.90 Å². The molecular formula is C24H23N5OS. The number of hydrogen-bond acceptors (Lipinski definition) is 7. The molecule has 1 saturated heterocycles. The largest absolute Gasteiger partial charge is 0.357 e. The lowest BCUT2D eigenvalue weighted by atomic mass is 10.0. The maximum atomic E-state index is 13.0. The third-order valence-corrected chi connectivity index (χ3v) is 6.53. The van der Waals surface area contributed by atoms with E-state index in [1.165, 1.54) is 19.3 Å². The summed E-state index contributed by atoms with van der Waals surface area (Å²) in [6.07, 6.45) is 7.46. The van der Waals surface area contributed by atoms with Crippen LogP contribution >= 0.6 is 11.3 Å². The van der Waals surface area contributed by atoms with Crippen LogP contribution in [0.4, 0.5) is 5.82 Å². The minimum absolute atomic E-state index is 0.0587. The first-order valence-corrected chi connectivity index (χ1v) is 11.4. The van der Waals surface area contributed by atoms with E-state index >= 15 is 0 Å². The van der Waals surface area contributed by atoms with Gasteiger partial charge in [-0.2, -0.15) is 0 Å². The first-order valence-electron chi connectivity index (χ1n) is 10.6. The third kappa shape index (κ3) is 4.32. The number of piperidine rings is 1. The van der Waals surface area contributed by atoms with Crippen LogP contribution in [0.2, 0.25) is 0 Å². The van der Waals surface area contributed by atoms with Gasteiger partial charge < -0.3 is 4.90 Å². The van der Waals surface area contributed by atoms with Crippen LogP contribution in [-0.2, 0) is 6.42 Å². The molecule has 156 valence electrons. The first-order chi connectivity index (χ1) is 15.2. The van der Waals surface area contributed by atoms with E-state index in [4.69, 9.17) is 0 Å². The summed E-state index contributed by atoms with van der Waals surface area (Å²) in [4.78, 5) is 24.2. The topological polar surface area (TPSA) is 71.9 Å². The van der Waals surface area contributed by atoms with Crippen molar-refractivity contribution in [3.8, 4) is 10.6 Å². The Balaban J connectivity index is 1.37. The van der Waals surface area contributed by atoms with Crippen LogP contribution in [0.5, 0.6) is 0 Å². The van der Waals surface area contributed by atoms with Gasteiger partial charge in [0.25, 0.3) is 0 Å². The molecule has 31 heavy (non-hydrogen) atoms. The number of carbonyl (C=O) groups is 1. The summed E-state index contributed by atoms with van der Waals surface area (Å²) >= 11 is 1.57. The number of pyridine rings is 2. The summed E-state index contributed by atoms with van der Waals surface area (Å²) in [7, 11) is 0. The maximum Gasteiger partial charge on any atom is 0.169 e. The fourth-order valence-corrected chi connectivity index (χ4v) is 4.67. The van der Waals surface area contributed by atoms with Gasteiger partial charge in [-0.25, -0.2) is 4.98 Å². The number of anilines is 1. The van der Waals surface area contributed by atoms with Crippen molar-refractivity contribution >= 4 is 33.7 Å². The average molecular weight is 430 g/mol. The number of aromatic nitrogens is 4. The van der Waals surface area contributed by atoms with E-state index in [0.717, 1.165) is 51.0 Å². The zero-order valence-corrected chi connectivity index (χ0v) is 18.2. The second-order valence-corrected chi connectivity index (χ2v) is 9.10. The van der Waals surface area contributed by atoms with Crippen molar-refractivity contribution in [1.82, 2.24) is 20.2 Å². The molecule has 0 atom stereocenters. The number of rotatable bonds is 5. The SMILES string of the molecule is Cc1nnc(-c2ccc3cnc(CC(=O)c4ccnc(N5CCCCC5)c4)cc3c2)s1. The molecule has 0 N–H and O–H groups in total. The van der Waals surface area contributed by atoms with Gasteiger partial charge in [-0.15, -0.1) is 10.2 Å². The molecular weight excluding hydrogens is 406 g/mol. The second kappa shape index (κ2) is 8.51. The Morgan fingerprint density at radius 1 is 1.00 bits per heavy atom. The quantitative estimate of drug-likeness (QED) is 0.421. The normalized spacial score (nSPS) is 14.2. The van der Waals surface area contributed by atoms with E-state index in [0.29, 0.717) is 5.56 Å². The first kappa shape index (κ1) is 19.8. The monoisotopic (exact) mass is 429 g/mol. The Kier molecular flexibility index (Phi) is 5.42. The Bertz CT molecular complexity index is 1250. The van der Waals surface area contributed by atoms with Crippen molar-refractivity contribution in [2.45, 2.75) is 32.6 Å². The Labute approximate surface area is 185 Å². The molecule has 6 nitrogen and oxygen atoms in total. The fourth-order valence-electron chi connectivity index (χ4n) is 3.98. The predicted octanol–water partition coefficient (Wildman–Crippen LogP) is 4.87. The number of fused-ring (bicyclic) bond motifs is 1. The van der Waals surface area contributed by atoms with E-state index in [-0.39, 0.29) is 12.2 Å². The van der Waals surface area contributed by atoms with E-state index in [1.54, 1.807) is 23.6 Å². The van der Waals surface area contributed by atoms with Crippen LogP contribution in [0.25, 0.3) is 21.3 Å². The summed E-state index contributed by atoms with van der Waals surface area (Å²) in [5, 5.41) is 12.3. The highest BCUT2D eigenvalue weighted by molar-refractivity contribution is 7.14. The Morgan fingerprint density at radius 2 is 1.87 bits per heavy atom. The predicted molar refractivity (Wildman–Crippen MR) is 124 cm³/mol. The van der Waals surface area contributed by atoms with Gasteiger partial charge in [-0.05, 0) is 55.8 Å². The van der Waals surface area contributed by atoms with E-state index in [2.05, 4.69) is 31.1 Å². The van der Waals surface area contributed by atoms with Crippen molar-refractivity contribution in [2.24, 2.45) is 0 Å². The number of hydrogen-bond donors (Lipinski definition) is 0. The minimum atomic E-state index is 0.0587. The van der Waals surface area contributed by atoms with E-state index in [9.17, 15) is 4.79 Å². The molecule has 1 aliphatic heterocycles. The molecule has 0 bridgehead atoms. The van der Waals surface area contributed by atoms with Crippen molar-refractivity contribution in [3.63, 3.8) is 0 Å². The fraction of sp³-hybridized carbons (Fsp3) is 0.292. The highest BCUT2D eigenvalue weighted by Gasteiger charge is 2.15. The summed E-state index contributed by atoms with van der Waals surface area (Å²) in [5.41, 5.74) is 2.48. The molecule has 0 aliphatic carbocycles. The molecule has 7 heteroatoms. The molecule has 4 aromatic rings. The van der Waals surface area contributed by atoms with Crippen LogP contribution in [0.3, 0.4) is 0 Å². The maximum absolute atomic E-state index is 13.0.